The van der Waals surface area contributed by atoms with E-state index in [0.29, 0.717) is 11.3 Å². The molecule has 0 saturated carbocycles. The average molecular weight is 367 g/mol. The van der Waals surface area contributed by atoms with Gasteiger partial charge in [0.1, 0.15) is 0 Å². The molecule has 6 nitrogen and oxygen atoms in total. The van der Waals surface area contributed by atoms with Crippen molar-refractivity contribution in [3.05, 3.63) is 29.8 Å². The van der Waals surface area contributed by atoms with Gasteiger partial charge in [0.05, 0.1) is 18.8 Å². The van der Waals surface area contributed by atoms with Crippen LogP contribution in [-0.4, -0.2) is 51.3 Å². The first-order valence-corrected chi connectivity index (χ1v) is 8.88. The Bertz CT molecular complexity index is 660. The highest BCUT2D eigenvalue weighted by molar-refractivity contribution is 7.88. The predicted octanol–water partition coefficient (Wildman–Crippen LogP) is 1.56. The van der Waals surface area contributed by atoms with Gasteiger partial charge in [-0.05, 0) is 31.7 Å². The minimum Gasteiger partial charge on any atom is -0.325 e. The largest absolute Gasteiger partial charge is 0.401 e. The second-order valence-electron chi connectivity index (χ2n) is 5.49. The molecule has 136 valence electrons. The number of halogens is 3. The Balaban J connectivity index is 2.61. The van der Waals surface area contributed by atoms with Crippen molar-refractivity contribution in [2.75, 3.05) is 25.2 Å². The van der Waals surface area contributed by atoms with Crippen LogP contribution in [0.3, 0.4) is 0 Å². The van der Waals surface area contributed by atoms with Gasteiger partial charge in [-0.2, -0.15) is 13.2 Å². The van der Waals surface area contributed by atoms with Crippen molar-refractivity contribution in [3.8, 4) is 0 Å². The summed E-state index contributed by atoms with van der Waals surface area (Å²) in [6, 6.07) is 5.36. The van der Waals surface area contributed by atoms with Crippen molar-refractivity contribution in [2.45, 2.75) is 25.7 Å². The molecule has 1 unspecified atom stereocenters. The molecule has 0 aromatic heterocycles. The Hall–Kier alpha value is -1.65. The third kappa shape index (κ3) is 7.75. The molecule has 1 aromatic carbocycles. The summed E-state index contributed by atoms with van der Waals surface area (Å²) < 4.78 is 61.3. The molecular weight excluding hydrogens is 347 g/mol. The molecule has 10 heteroatoms. The third-order valence-corrected chi connectivity index (χ3v) is 3.90. The maximum atomic E-state index is 12.3. The molecule has 1 rings (SSSR count). The van der Waals surface area contributed by atoms with Crippen LogP contribution in [-0.2, 0) is 21.4 Å². The zero-order valence-electron chi connectivity index (χ0n) is 13.5. The third-order valence-electron chi connectivity index (χ3n) is 3.23. The number of carbonyl (C=O) groups is 1. The summed E-state index contributed by atoms with van der Waals surface area (Å²) in [5.41, 5.74) is 1.09. The van der Waals surface area contributed by atoms with Gasteiger partial charge in [0.15, 0.2) is 0 Å². The molecule has 0 saturated heterocycles. The predicted molar refractivity (Wildman–Crippen MR) is 84.9 cm³/mol. The maximum absolute atomic E-state index is 12.3. The first-order chi connectivity index (χ1) is 10.9. The fraction of sp³-hybridized carbons (Fsp3) is 0.500. The van der Waals surface area contributed by atoms with E-state index in [1.165, 1.54) is 14.0 Å². The number of carbonyl (C=O) groups excluding carboxylic acids is 1. The van der Waals surface area contributed by atoms with E-state index in [1.54, 1.807) is 24.3 Å². The number of amides is 1. The first-order valence-electron chi connectivity index (χ1n) is 6.99. The first kappa shape index (κ1) is 20.4. The molecule has 0 aliphatic heterocycles. The van der Waals surface area contributed by atoms with Gasteiger partial charge in [-0.15, -0.1) is 0 Å². The number of nitrogens with zero attached hydrogens (tertiary/aromatic N) is 1. The fourth-order valence-electron chi connectivity index (χ4n) is 1.79. The zero-order chi connectivity index (χ0) is 18.5. The molecule has 0 aliphatic rings. The summed E-state index contributed by atoms with van der Waals surface area (Å²) in [6.07, 6.45) is -3.34. The van der Waals surface area contributed by atoms with Crippen molar-refractivity contribution in [3.63, 3.8) is 0 Å². The van der Waals surface area contributed by atoms with Crippen molar-refractivity contribution >= 4 is 21.6 Å². The zero-order valence-corrected chi connectivity index (χ0v) is 14.3. The quantitative estimate of drug-likeness (QED) is 0.767. The van der Waals surface area contributed by atoms with Crippen LogP contribution in [0.1, 0.15) is 12.5 Å². The molecule has 0 bridgehead atoms. The monoisotopic (exact) mass is 367 g/mol. The fourth-order valence-corrected chi connectivity index (χ4v) is 2.22. The lowest BCUT2D eigenvalue weighted by Gasteiger charge is -2.24. The standard InChI is InChI=1S/C14H20F3N3O3S/c1-10(20(2)9-14(15,16)17)13(21)19-12-6-4-11(5-7-12)8-18-24(3,22)23/h4-7,10,18H,8-9H2,1-3H3,(H,19,21). The van der Waals surface area contributed by atoms with Crippen LogP contribution >= 0.6 is 0 Å². The Labute approximate surface area is 139 Å². The van der Waals surface area contributed by atoms with Gasteiger partial charge < -0.3 is 5.32 Å². The Kier molecular flexibility index (Phi) is 6.76. The molecule has 0 radical (unpaired) electrons. The van der Waals surface area contributed by atoms with Gasteiger partial charge in [0, 0.05) is 12.2 Å². The van der Waals surface area contributed by atoms with Crippen molar-refractivity contribution < 1.29 is 26.4 Å². The summed E-state index contributed by atoms with van der Waals surface area (Å²) >= 11 is 0. The van der Waals surface area contributed by atoms with E-state index >= 15 is 0 Å². The number of anilines is 1. The average Bonchev–Trinajstić information content (AvgIpc) is 2.43. The number of nitrogens with one attached hydrogen (secondary N) is 2. The van der Waals surface area contributed by atoms with Crippen LogP contribution < -0.4 is 10.0 Å². The highest BCUT2D eigenvalue weighted by Crippen LogP contribution is 2.17. The van der Waals surface area contributed by atoms with Crippen LogP contribution in [0.5, 0.6) is 0 Å². The van der Waals surface area contributed by atoms with E-state index in [-0.39, 0.29) is 6.54 Å². The minimum atomic E-state index is -4.38. The summed E-state index contributed by atoms with van der Waals surface area (Å²) in [5.74, 6) is -0.566. The van der Waals surface area contributed by atoms with E-state index in [4.69, 9.17) is 0 Å². The number of alkyl halides is 3. The van der Waals surface area contributed by atoms with Gasteiger partial charge in [-0.25, -0.2) is 13.1 Å². The van der Waals surface area contributed by atoms with Crippen molar-refractivity contribution in [2.24, 2.45) is 0 Å². The van der Waals surface area contributed by atoms with Crippen molar-refractivity contribution in [1.82, 2.24) is 9.62 Å². The molecule has 24 heavy (non-hydrogen) atoms. The molecule has 1 aromatic rings. The number of benzene rings is 1. The second-order valence-corrected chi connectivity index (χ2v) is 7.32. The van der Waals surface area contributed by atoms with Crippen molar-refractivity contribution in [1.29, 1.82) is 0 Å². The van der Waals surface area contributed by atoms with Crippen LogP contribution in [0.25, 0.3) is 0 Å². The topological polar surface area (TPSA) is 78.5 Å². The lowest BCUT2D eigenvalue weighted by molar-refractivity contribution is -0.149. The minimum absolute atomic E-state index is 0.109. The summed E-state index contributed by atoms with van der Waals surface area (Å²) in [5, 5.41) is 2.52. The molecule has 0 aliphatic carbocycles. The van der Waals surface area contributed by atoms with Gasteiger partial charge in [-0.3, -0.25) is 9.69 Å². The summed E-state index contributed by atoms with van der Waals surface area (Å²) in [4.78, 5) is 12.9. The van der Waals surface area contributed by atoms with E-state index in [1.807, 2.05) is 0 Å². The molecule has 0 heterocycles. The number of hydrogen-bond donors (Lipinski definition) is 2. The molecule has 1 atom stereocenters. The van der Waals surface area contributed by atoms with Crippen LogP contribution in [0.4, 0.5) is 18.9 Å². The molecule has 1 amide bonds. The van der Waals surface area contributed by atoms with Gasteiger partial charge >= 0.3 is 6.18 Å². The molecule has 0 fully saturated rings. The van der Waals surface area contributed by atoms with E-state index in [9.17, 15) is 26.4 Å². The van der Waals surface area contributed by atoms with Gasteiger partial charge in [0.25, 0.3) is 0 Å². The van der Waals surface area contributed by atoms with E-state index in [2.05, 4.69) is 10.0 Å². The number of sulfonamides is 1. The maximum Gasteiger partial charge on any atom is 0.401 e. The number of hydrogen-bond acceptors (Lipinski definition) is 4. The lowest BCUT2D eigenvalue weighted by atomic mass is 10.2. The molecule has 2 N–H and O–H groups in total. The number of likely N-dealkylation sites (N-methyl/N-ethyl adjacent to an activating group) is 1. The highest BCUT2D eigenvalue weighted by Gasteiger charge is 2.32. The highest BCUT2D eigenvalue weighted by atomic mass is 32.2. The second kappa shape index (κ2) is 7.95. The number of rotatable bonds is 7. The normalized spacial score (nSPS) is 13.8. The smallest absolute Gasteiger partial charge is 0.325 e. The molecular formula is C14H20F3N3O3S. The van der Waals surface area contributed by atoms with Crippen LogP contribution in [0.15, 0.2) is 24.3 Å². The van der Waals surface area contributed by atoms with E-state index < -0.39 is 34.7 Å². The summed E-state index contributed by atoms with van der Waals surface area (Å²) in [6.45, 7) is 0.306. The SMILES string of the molecule is CC(C(=O)Nc1ccc(CNS(C)(=O)=O)cc1)N(C)CC(F)(F)F. The Morgan fingerprint density at radius 3 is 2.25 bits per heavy atom. The molecule has 0 spiro atoms. The van der Waals surface area contributed by atoms with E-state index in [0.717, 1.165) is 11.2 Å². The van der Waals surface area contributed by atoms with Gasteiger partial charge in [-0.1, -0.05) is 12.1 Å². The van der Waals surface area contributed by atoms with Crippen LogP contribution in [0, 0.1) is 0 Å². The Morgan fingerprint density at radius 1 is 1.25 bits per heavy atom. The van der Waals surface area contributed by atoms with Gasteiger partial charge in [0.2, 0.25) is 15.9 Å². The Morgan fingerprint density at radius 2 is 1.79 bits per heavy atom. The summed E-state index contributed by atoms with van der Waals surface area (Å²) in [7, 11) is -2.08. The van der Waals surface area contributed by atoms with Crippen LogP contribution in [0.2, 0.25) is 0 Å². The lowest BCUT2D eigenvalue weighted by Crippen LogP contribution is -2.44.